The lowest BCUT2D eigenvalue weighted by atomic mass is 10.0. The lowest BCUT2D eigenvalue weighted by molar-refractivity contribution is -0.113. The zero-order valence-corrected chi connectivity index (χ0v) is 19.0. The first kappa shape index (κ1) is 21.0. The summed E-state index contributed by atoms with van der Waals surface area (Å²) in [4.78, 5) is 12.6. The predicted molar refractivity (Wildman–Crippen MR) is 124 cm³/mol. The van der Waals surface area contributed by atoms with E-state index in [0.29, 0.717) is 22.3 Å². The maximum atomic E-state index is 12.6. The average molecular weight is 437 g/mol. The second-order valence-corrected chi connectivity index (χ2v) is 8.33. The van der Waals surface area contributed by atoms with Crippen molar-refractivity contribution in [3.8, 4) is 11.5 Å². The highest BCUT2D eigenvalue weighted by Crippen LogP contribution is 2.31. The number of hydrogen-bond acceptors (Lipinski definition) is 6. The Morgan fingerprint density at radius 1 is 1.00 bits per heavy atom. The van der Waals surface area contributed by atoms with Gasteiger partial charge in [-0.25, -0.2) is 0 Å². The first-order valence-electron chi connectivity index (χ1n) is 9.81. The van der Waals surface area contributed by atoms with Gasteiger partial charge in [0.05, 0.1) is 25.5 Å². The molecule has 1 N–H and O–H groups in total. The van der Waals surface area contributed by atoms with Crippen LogP contribution in [0.3, 0.4) is 0 Å². The molecule has 0 aliphatic rings. The summed E-state index contributed by atoms with van der Waals surface area (Å²) in [6.45, 7) is 6.27. The van der Waals surface area contributed by atoms with Crippen LogP contribution in [0.4, 0.5) is 5.69 Å². The Labute approximate surface area is 184 Å². The number of carbonyl (C=O) groups excluding carboxylic acids is 1. The number of benzene rings is 2. The van der Waals surface area contributed by atoms with Crippen LogP contribution >= 0.6 is 11.8 Å². The summed E-state index contributed by atoms with van der Waals surface area (Å²) >= 11 is 1.36. The SMILES string of the molecule is COc1ccc(NC(=O)CSc2nnc3cc(C)c4cc(C)cc(C)c4n23)cc1OC. The molecule has 0 aliphatic carbocycles. The number of fused-ring (bicyclic) bond motifs is 3. The highest BCUT2D eigenvalue weighted by atomic mass is 32.2. The van der Waals surface area contributed by atoms with Gasteiger partial charge in [0.2, 0.25) is 5.91 Å². The quantitative estimate of drug-likeness (QED) is 0.447. The fourth-order valence-corrected chi connectivity index (χ4v) is 4.49. The Bertz CT molecular complexity index is 1300. The number of anilines is 1. The van der Waals surface area contributed by atoms with Crippen LogP contribution < -0.4 is 14.8 Å². The third-order valence-electron chi connectivity index (χ3n) is 5.10. The minimum Gasteiger partial charge on any atom is -0.493 e. The van der Waals surface area contributed by atoms with Crippen molar-refractivity contribution in [1.29, 1.82) is 0 Å². The number of thioether (sulfide) groups is 1. The van der Waals surface area contributed by atoms with Gasteiger partial charge < -0.3 is 14.8 Å². The number of rotatable bonds is 6. The van der Waals surface area contributed by atoms with E-state index in [1.165, 1.54) is 22.7 Å². The van der Waals surface area contributed by atoms with Gasteiger partial charge in [0.15, 0.2) is 22.3 Å². The highest BCUT2D eigenvalue weighted by molar-refractivity contribution is 7.99. The first-order valence-corrected chi connectivity index (χ1v) is 10.8. The minimum atomic E-state index is -0.141. The van der Waals surface area contributed by atoms with E-state index in [1.54, 1.807) is 32.4 Å². The van der Waals surface area contributed by atoms with Crippen LogP contribution in [0.2, 0.25) is 0 Å². The van der Waals surface area contributed by atoms with E-state index < -0.39 is 0 Å². The molecule has 0 bridgehead atoms. The summed E-state index contributed by atoms with van der Waals surface area (Å²) in [7, 11) is 3.13. The van der Waals surface area contributed by atoms with Gasteiger partial charge in [0.25, 0.3) is 0 Å². The molecular formula is C23H24N4O3S. The Hall–Kier alpha value is -3.26. The Kier molecular flexibility index (Phi) is 5.73. The van der Waals surface area contributed by atoms with Crippen molar-refractivity contribution in [3.63, 3.8) is 0 Å². The van der Waals surface area contributed by atoms with Crippen molar-refractivity contribution in [2.45, 2.75) is 25.9 Å². The van der Waals surface area contributed by atoms with Crippen molar-refractivity contribution in [2.75, 3.05) is 25.3 Å². The van der Waals surface area contributed by atoms with Crippen LogP contribution in [0, 0.1) is 20.8 Å². The number of aryl methyl sites for hydroxylation is 3. The lowest BCUT2D eigenvalue weighted by Crippen LogP contribution is -2.14. The lowest BCUT2D eigenvalue weighted by Gasteiger charge is -2.12. The summed E-state index contributed by atoms with van der Waals surface area (Å²) in [6.07, 6.45) is 0. The topological polar surface area (TPSA) is 77.8 Å². The largest absolute Gasteiger partial charge is 0.493 e. The number of aromatic nitrogens is 3. The molecule has 0 unspecified atom stereocenters. The first-order chi connectivity index (χ1) is 14.9. The van der Waals surface area contributed by atoms with Crippen molar-refractivity contribution >= 4 is 39.9 Å². The average Bonchev–Trinajstić information content (AvgIpc) is 3.14. The number of hydrogen-bond donors (Lipinski definition) is 1. The van der Waals surface area contributed by atoms with Crippen molar-refractivity contribution in [2.24, 2.45) is 0 Å². The van der Waals surface area contributed by atoms with Gasteiger partial charge in [-0.15, -0.1) is 10.2 Å². The Morgan fingerprint density at radius 3 is 2.52 bits per heavy atom. The smallest absolute Gasteiger partial charge is 0.234 e. The van der Waals surface area contributed by atoms with Crippen LogP contribution in [0.1, 0.15) is 16.7 Å². The van der Waals surface area contributed by atoms with Crippen LogP contribution in [0.25, 0.3) is 16.6 Å². The summed E-state index contributed by atoms with van der Waals surface area (Å²) in [5, 5.41) is 13.4. The molecular weight excluding hydrogens is 412 g/mol. The zero-order chi connectivity index (χ0) is 22.1. The van der Waals surface area contributed by atoms with Crippen LogP contribution in [0.15, 0.2) is 41.6 Å². The fraction of sp³-hybridized carbons (Fsp3) is 0.261. The number of carbonyl (C=O) groups is 1. The van der Waals surface area contributed by atoms with Gasteiger partial charge in [-0.1, -0.05) is 23.4 Å². The van der Waals surface area contributed by atoms with Gasteiger partial charge >= 0.3 is 0 Å². The Morgan fingerprint density at radius 2 is 1.77 bits per heavy atom. The maximum absolute atomic E-state index is 12.6. The summed E-state index contributed by atoms with van der Waals surface area (Å²) in [5.41, 5.74) is 6.02. The molecule has 0 aliphatic heterocycles. The molecule has 7 nitrogen and oxygen atoms in total. The molecule has 160 valence electrons. The van der Waals surface area contributed by atoms with E-state index in [2.05, 4.69) is 48.4 Å². The fourth-order valence-electron chi connectivity index (χ4n) is 3.75. The number of methoxy groups -OCH3 is 2. The number of nitrogens with one attached hydrogen (secondary N) is 1. The van der Waals surface area contributed by atoms with E-state index in [9.17, 15) is 4.79 Å². The third kappa shape index (κ3) is 4.03. The second-order valence-electron chi connectivity index (χ2n) is 7.39. The van der Waals surface area contributed by atoms with Crippen molar-refractivity contribution in [3.05, 3.63) is 53.1 Å². The van der Waals surface area contributed by atoms with Gasteiger partial charge in [0.1, 0.15) is 0 Å². The van der Waals surface area contributed by atoms with E-state index >= 15 is 0 Å². The molecule has 2 aromatic carbocycles. The van der Waals surface area contributed by atoms with E-state index in [0.717, 1.165) is 22.3 Å². The second kappa shape index (κ2) is 8.47. The molecule has 0 radical (unpaired) electrons. The van der Waals surface area contributed by atoms with Crippen LogP contribution in [0.5, 0.6) is 11.5 Å². The molecule has 4 rings (SSSR count). The highest BCUT2D eigenvalue weighted by Gasteiger charge is 2.15. The van der Waals surface area contributed by atoms with Crippen molar-refractivity contribution in [1.82, 2.24) is 14.6 Å². The number of pyridine rings is 1. The number of nitrogens with zero attached hydrogens (tertiary/aromatic N) is 3. The standard InChI is InChI=1S/C23H24N4O3S/c1-13-8-15(3)22-17(9-13)14(2)10-20-25-26-23(27(20)22)31-12-21(28)24-16-6-7-18(29-4)19(11-16)30-5/h6-11H,12H2,1-5H3,(H,24,28). The minimum absolute atomic E-state index is 0.141. The van der Waals surface area contributed by atoms with Crippen LogP contribution in [-0.2, 0) is 4.79 Å². The van der Waals surface area contributed by atoms with E-state index in [-0.39, 0.29) is 11.7 Å². The molecule has 31 heavy (non-hydrogen) atoms. The van der Waals surface area contributed by atoms with Gasteiger partial charge in [-0.2, -0.15) is 0 Å². The number of ether oxygens (including phenoxy) is 2. The van der Waals surface area contributed by atoms with E-state index in [1.807, 2.05) is 10.5 Å². The van der Waals surface area contributed by atoms with Gasteiger partial charge in [-0.3, -0.25) is 9.20 Å². The third-order valence-corrected chi connectivity index (χ3v) is 6.03. The van der Waals surface area contributed by atoms with Crippen molar-refractivity contribution < 1.29 is 14.3 Å². The molecule has 0 spiro atoms. The Balaban J connectivity index is 1.58. The molecule has 2 aromatic heterocycles. The molecule has 8 heteroatoms. The number of amides is 1. The molecule has 4 aromatic rings. The van der Waals surface area contributed by atoms with Gasteiger partial charge in [0, 0.05) is 17.1 Å². The normalized spacial score (nSPS) is 11.1. The van der Waals surface area contributed by atoms with Gasteiger partial charge in [-0.05, 0) is 56.2 Å². The maximum Gasteiger partial charge on any atom is 0.234 e. The molecule has 0 saturated heterocycles. The molecule has 2 heterocycles. The molecule has 1 amide bonds. The predicted octanol–water partition coefficient (Wildman–Crippen LogP) is 4.56. The van der Waals surface area contributed by atoms with E-state index in [4.69, 9.17) is 9.47 Å². The summed E-state index contributed by atoms with van der Waals surface area (Å²) in [5.74, 6) is 1.23. The van der Waals surface area contributed by atoms with Crippen LogP contribution in [-0.4, -0.2) is 40.5 Å². The molecule has 0 atom stereocenters. The summed E-state index contributed by atoms with van der Waals surface area (Å²) in [6, 6.07) is 11.6. The molecule has 0 saturated carbocycles. The molecule has 0 fully saturated rings. The summed E-state index contributed by atoms with van der Waals surface area (Å²) < 4.78 is 12.6. The monoisotopic (exact) mass is 436 g/mol. The zero-order valence-electron chi connectivity index (χ0n) is 18.1.